The van der Waals surface area contributed by atoms with Crippen LogP contribution in [0.15, 0.2) is 40.9 Å². The molecule has 5 heteroatoms. The first-order valence-corrected chi connectivity index (χ1v) is 6.77. The van der Waals surface area contributed by atoms with Crippen LogP contribution in [-0.4, -0.2) is 11.1 Å². The van der Waals surface area contributed by atoms with Gasteiger partial charge in [0.1, 0.15) is 12.4 Å². The van der Waals surface area contributed by atoms with Gasteiger partial charge in [0, 0.05) is 4.47 Å². The molecule has 0 atom stereocenters. The Morgan fingerprint density at radius 2 is 1.95 bits per heavy atom. The van der Waals surface area contributed by atoms with Crippen molar-refractivity contribution in [1.29, 1.82) is 0 Å². The highest BCUT2D eigenvalue weighted by Gasteiger charge is 2.07. The average Bonchev–Trinajstić information content (AvgIpc) is 2.38. The highest BCUT2D eigenvalue weighted by atomic mass is 79.9. The van der Waals surface area contributed by atoms with Crippen LogP contribution in [0.1, 0.15) is 21.5 Å². The van der Waals surface area contributed by atoms with Gasteiger partial charge >= 0.3 is 5.97 Å². The van der Waals surface area contributed by atoms with Crippen LogP contribution in [0.5, 0.6) is 5.75 Å². The lowest BCUT2D eigenvalue weighted by Crippen LogP contribution is -2.02. The van der Waals surface area contributed by atoms with E-state index in [1.807, 2.05) is 13.0 Å². The third kappa shape index (κ3) is 3.30. The molecule has 2 rings (SSSR count). The van der Waals surface area contributed by atoms with Gasteiger partial charge < -0.3 is 15.6 Å². The quantitative estimate of drug-likeness (QED) is 0.837. The van der Waals surface area contributed by atoms with Crippen LogP contribution >= 0.6 is 15.9 Å². The number of ether oxygens (including phenoxy) is 1. The molecule has 0 heterocycles. The molecule has 104 valence electrons. The van der Waals surface area contributed by atoms with Gasteiger partial charge in [-0.15, -0.1) is 0 Å². The SMILES string of the molecule is Cc1cc(Br)cc(N)c1OCc1ccc(C(=O)O)cc1. The Hall–Kier alpha value is -2.01. The number of carbonyl (C=O) groups is 1. The lowest BCUT2D eigenvalue weighted by Gasteiger charge is -2.12. The molecule has 0 saturated carbocycles. The predicted octanol–water partition coefficient (Wildman–Crippen LogP) is 3.62. The van der Waals surface area contributed by atoms with Crippen LogP contribution in [0.4, 0.5) is 5.69 Å². The molecule has 0 unspecified atom stereocenters. The lowest BCUT2D eigenvalue weighted by molar-refractivity contribution is 0.0697. The number of aryl methyl sites for hydroxylation is 1. The lowest BCUT2D eigenvalue weighted by atomic mass is 10.1. The minimum Gasteiger partial charge on any atom is -0.486 e. The van der Waals surface area contributed by atoms with Gasteiger partial charge in [-0.25, -0.2) is 4.79 Å². The largest absolute Gasteiger partial charge is 0.486 e. The average molecular weight is 336 g/mol. The van der Waals surface area contributed by atoms with E-state index < -0.39 is 5.97 Å². The smallest absolute Gasteiger partial charge is 0.335 e. The topological polar surface area (TPSA) is 72.5 Å². The Morgan fingerprint density at radius 3 is 2.50 bits per heavy atom. The van der Waals surface area contributed by atoms with Crippen LogP contribution in [-0.2, 0) is 6.61 Å². The standard InChI is InChI=1S/C15H14BrNO3/c1-9-6-12(16)7-13(17)14(9)20-8-10-2-4-11(5-3-10)15(18)19/h2-7H,8,17H2,1H3,(H,18,19). The highest BCUT2D eigenvalue weighted by molar-refractivity contribution is 9.10. The minimum absolute atomic E-state index is 0.257. The van der Waals surface area contributed by atoms with Crippen molar-refractivity contribution in [1.82, 2.24) is 0 Å². The van der Waals surface area contributed by atoms with E-state index in [0.29, 0.717) is 18.0 Å². The maximum absolute atomic E-state index is 10.8. The molecular weight excluding hydrogens is 322 g/mol. The van der Waals surface area contributed by atoms with E-state index in [9.17, 15) is 4.79 Å². The number of carboxylic acids is 1. The van der Waals surface area contributed by atoms with Gasteiger partial charge in [0.2, 0.25) is 0 Å². The fourth-order valence-electron chi connectivity index (χ4n) is 1.85. The van der Waals surface area contributed by atoms with E-state index >= 15 is 0 Å². The summed E-state index contributed by atoms with van der Waals surface area (Å²) in [5.41, 5.74) is 8.57. The monoisotopic (exact) mass is 335 g/mol. The Bertz CT molecular complexity index is 615. The molecule has 3 N–H and O–H groups in total. The molecule has 0 amide bonds. The van der Waals surface area contributed by atoms with E-state index in [1.165, 1.54) is 0 Å². The van der Waals surface area contributed by atoms with Crippen LogP contribution in [0.25, 0.3) is 0 Å². The number of nitrogens with two attached hydrogens (primary N) is 1. The molecule has 0 fully saturated rings. The second kappa shape index (κ2) is 5.96. The summed E-state index contributed by atoms with van der Waals surface area (Å²) in [6, 6.07) is 10.3. The zero-order chi connectivity index (χ0) is 14.7. The normalized spacial score (nSPS) is 10.3. The van der Waals surface area contributed by atoms with Crippen molar-refractivity contribution in [3.05, 3.63) is 57.6 Å². The van der Waals surface area contributed by atoms with Gasteiger partial charge in [-0.3, -0.25) is 0 Å². The Morgan fingerprint density at radius 1 is 1.30 bits per heavy atom. The first kappa shape index (κ1) is 14.4. The molecule has 4 nitrogen and oxygen atoms in total. The number of rotatable bonds is 4. The second-order valence-electron chi connectivity index (χ2n) is 4.43. The molecule has 0 spiro atoms. The maximum atomic E-state index is 10.8. The number of hydrogen-bond donors (Lipinski definition) is 2. The van der Waals surface area contributed by atoms with E-state index in [4.69, 9.17) is 15.6 Å². The van der Waals surface area contributed by atoms with E-state index in [1.54, 1.807) is 30.3 Å². The van der Waals surface area contributed by atoms with E-state index in [2.05, 4.69) is 15.9 Å². The maximum Gasteiger partial charge on any atom is 0.335 e. The molecule has 0 aliphatic heterocycles. The third-order valence-electron chi connectivity index (χ3n) is 2.85. The van der Waals surface area contributed by atoms with Gasteiger partial charge in [-0.05, 0) is 42.3 Å². The molecule has 0 bridgehead atoms. The predicted molar refractivity (Wildman–Crippen MR) is 81.0 cm³/mol. The van der Waals surface area contributed by atoms with Crippen LogP contribution in [0, 0.1) is 6.92 Å². The van der Waals surface area contributed by atoms with Crippen LogP contribution in [0.3, 0.4) is 0 Å². The van der Waals surface area contributed by atoms with Crippen molar-refractivity contribution < 1.29 is 14.6 Å². The van der Waals surface area contributed by atoms with Gasteiger partial charge in [0.25, 0.3) is 0 Å². The Labute approximate surface area is 125 Å². The minimum atomic E-state index is -0.939. The molecule has 2 aromatic rings. The zero-order valence-electron chi connectivity index (χ0n) is 10.9. The van der Waals surface area contributed by atoms with Crippen molar-refractivity contribution in [2.75, 3.05) is 5.73 Å². The molecule has 0 aliphatic rings. The number of aromatic carboxylic acids is 1. The second-order valence-corrected chi connectivity index (χ2v) is 5.35. The van der Waals surface area contributed by atoms with Gasteiger partial charge in [0.15, 0.2) is 0 Å². The Kier molecular flexibility index (Phi) is 4.29. The summed E-state index contributed by atoms with van der Waals surface area (Å²) in [6.07, 6.45) is 0. The number of carboxylic acid groups (broad SMARTS) is 1. The number of halogens is 1. The summed E-state index contributed by atoms with van der Waals surface area (Å²) in [5.74, 6) is -0.291. The van der Waals surface area contributed by atoms with Gasteiger partial charge in [0.05, 0.1) is 11.3 Å². The molecule has 0 aromatic heterocycles. The van der Waals surface area contributed by atoms with Crippen LogP contribution in [0.2, 0.25) is 0 Å². The van der Waals surface area contributed by atoms with Crippen LogP contribution < -0.4 is 10.5 Å². The molecule has 0 radical (unpaired) electrons. The summed E-state index contributed by atoms with van der Waals surface area (Å²) < 4.78 is 6.62. The van der Waals surface area contributed by atoms with Crippen molar-refractivity contribution in [2.45, 2.75) is 13.5 Å². The third-order valence-corrected chi connectivity index (χ3v) is 3.31. The fraction of sp³-hybridized carbons (Fsp3) is 0.133. The molecule has 2 aromatic carbocycles. The van der Waals surface area contributed by atoms with Gasteiger partial charge in [-0.1, -0.05) is 28.1 Å². The van der Waals surface area contributed by atoms with E-state index in [-0.39, 0.29) is 5.56 Å². The molecule has 20 heavy (non-hydrogen) atoms. The van der Waals surface area contributed by atoms with Crippen molar-refractivity contribution in [3.8, 4) is 5.75 Å². The number of nitrogen functional groups attached to an aromatic ring is 1. The number of benzene rings is 2. The summed E-state index contributed by atoms with van der Waals surface area (Å²) in [4.78, 5) is 10.8. The number of hydrogen-bond acceptors (Lipinski definition) is 3. The fourth-order valence-corrected chi connectivity index (χ4v) is 2.44. The first-order chi connectivity index (χ1) is 9.47. The first-order valence-electron chi connectivity index (χ1n) is 5.98. The van der Waals surface area contributed by atoms with E-state index in [0.717, 1.165) is 15.6 Å². The summed E-state index contributed by atoms with van der Waals surface area (Å²) in [5, 5.41) is 8.83. The Balaban J connectivity index is 2.11. The summed E-state index contributed by atoms with van der Waals surface area (Å²) >= 11 is 3.37. The zero-order valence-corrected chi connectivity index (χ0v) is 12.5. The van der Waals surface area contributed by atoms with Crippen molar-refractivity contribution >= 4 is 27.6 Å². The van der Waals surface area contributed by atoms with Crippen molar-refractivity contribution in [2.24, 2.45) is 0 Å². The summed E-state index contributed by atoms with van der Waals surface area (Å²) in [7, 11) is 0. The number of anilines is 1. The molecule has 0 saturated heterocycles. The molecule has 0 aliphatic carbocycles. The molecular formula is C15H14BrNO3. The van der Waals surface area contributed by atoms with Gasteiger partial charge in [-0.2, -0.15) is 0 Å². The summed E-state index contributed by atoms with van der Waals surface area (Å²) in [6.45, 7) is 2.26. The van der Waals surface area contributed by atoms with Crippen molar-refractivity contribution in [3.63, 3.8) is 0 Å². The highest BCUT2D eigenvalue weighted by Crippen LogP contribution is 2.30.